The van der Waals surface area contributed by atoms with Crippen molar-refractivity contribution < 1.29 is 19.5 Å². The van der Waals surface area contributed by atoms with Gasteiger partial charge < -0.3 is 10.4 Å². The van der Waals surface area contributed by atoms with E-state index in [4.69, 9.17) is 0 Å². The van der Waals surface area contributed by atoms with Crippen LogP contribution in [0.15, 0.2) is 48.5 Å². The summed E-state index contributed by atoms with van der Waals surface area (Å²) >= 11 is 0. The van der Waals surface area contributed by atoms with E-state index >= 15 is 0 Å². The van der Waals surface area contributed by atoms with Crippen LogP contribution in [0.25, 0.3) is 0 Å². The first kappa shape index (κ1) is 17.7. The number of benzene rings is 2. The number of phenolic OH excluding ortho intramolecular Hbond substituents is 1. The number of likely N-dealkylation sites (tertiary alicyclic amines) is 1. The average Bonchev–Trinajstić information content (AvgIpc) is 2.94. The number of nitrogens with zero attached hydrogens (tertiary/aromatic N) is 1. The van der Waals surface area contributed by atoms with Gasteiger partial charge in [-0.15, -0.1) is 0 Å². The molecule has 134 valence electrons. The number of rotatable bonds is 5. The van der Waals surface area contributed by atoms with E-state index in [1.807, 2.05) is 0 Å². The van der Waals surface area contributed by atoms with Crippen molar-refractivity contribution in [3.8, 4) is 5.75 Å². The fourth-order valence-corrected chi connectivity index (χ4v) is 2.87. The quantitative estimate of drug-likeness (QED) is 0.810. The predicted octanol–water partition coefficient (Wildman–Crippen LogP) is 2.78. The van der Waals surface area contributed by atoms with Crippen molar-refractivity contribution in [2.45, 2.75) is 32.2 Å². The number of anilines is 1. The highest BCUT2D eigenvalue weighted by molar-refractivity contribution is 6.01. The molecule has 2 aromatic rings. The molecule has 26 heavy (non-hydrogen) atoms. The Kier molecular flexibility index (Phi) is 5.02. The Morgan fingerprint density at radius 2 is 1.77 bits per heavy atom. The van der Waals surface area contributed by atoms with Crippen LogP contribution < -0.4 is 5.32 Å². The number of carbonyl (C=O) groups excluding carboxylic acids is 3. The molecule has 1 heterocycles. The van der Waals surface area contributed by atoms with E-state index in [0.717, 1.165) is 11.1 Å². The molecule has 2 N–H and O–H groups in total. The zero-order valence-corrected chi connectivity index (χ0v) is 14.4. The molecule has 0 aliphatic carbocycles. The Balaban J connectivity index is 1.62. The van der Waals surface area contributed by atoms with E-state index in [0.29, 0.717) is 5.69 Å². The predicted molar refractivity (Wildman–Crippen MR) is 96.4 cm³/mol. The highest BCUT2D eigenvalue weighted by atomic mass is 16.3. The van der Waals surface area contributed by atoms with Gasteiger partial charge in [0.25, 0.3) is 0 Å². The minimum absolute atomic E-state index is 0.123. The standard InChI is InChI=1S/C20H20N2O4/c1-13(15-3-2-4-17(23)11-15)20(26)21-16-7-5-14(6-8-16)12-22-18(24)9-10-19(22)25/h2-8,11,13,23H,9-10,12H2,1H3,(H,21,26). The van der Waals surface area contributed by atoms with Gasteiger partial charge in [0.1, 0.15) is 5.75 Å². The fraction of sp³-hybridized carbons (Fsp3) is 0.250. The summed E-state index contributed by atoms with van der Waals surface area (Å²) in [6.45, 7) is 2.02. The van der Waals surface area contributed by atoms with E-state index in [1.54, 1.807) is 55.5 Å². The van der Waals surface area contributed by atoms with Crippen LogP contribution in [-0.4, -0.2) is 27.7 Å². The summed E-state index contributed by atoms with van der Waals surface area (Å²) in [6.07, 6.45) is 0.555. The first-order chi connectivity index (χ1) is 12.4. The zero-order valence-electron chi connectivity index (χ0n) is 14.4. The Hall–Kier alpha value is -3.15. The molecule has 1 fully saturated rings. The van der Waals surface area contributed by atoms with Gasteiger partial charge in [-0.1, -0.05) is 24.3 Å². The van der Waals surface area contributed by atoms with Crippen LogP contribution in [0, 0.1) is 0 Å². The number of aromatic hydroxyl groups is 1. The second-order valence-electron chi connectivity index (χ2n) is 6.38. The van der Waals surface area contributed by atoms with Crippen LogP contribution in [0.1, 0.15) is 36.8 Å². The molecule has 3 rings (SSSR count). The van der Waals surface area contributed by atoms with E-state index in [-0.39, 0.29) is 42.9 Å². The normalized spacial score (nSPS) is 15.2. The molecule has 1 aliphatic heterocycles. The molecule has 1 aliphatic rings. The molecule has 0 bridgehead atoms. The van der Waals surface area contributed by atoms with E-state index in [1.165, 1.54) is 4.90 Å². The topological polar surface area (TPSA) is 86.7 Å². The lowest BCUT2D eigenvalue weighted by atomic mass is 10.00. The molecular formula is C20H20N2O4. The first-order valence-electron chi connectivity index (χ1n) is 8.46. The maximum absolute atomic E-state index is 12.4. The van der Waals surface area contributed by atoms with Gasteiger partial charge in [-0.3, -0.25) is 19.3 Å². The van der Waals surface area contributed by atoms with Crippen molar-refractivity contribution in [1.82, 2.24) is 4.90 Å². The summed E-state index contributed by atoms with van der Waals surface area (Å²) in [4.78, 5) is 37.0. The van der Waals surface area contributed by atoms with Crippen molar-refractivity contribution in [2.24, 2.45) is 0 Å². The summed E-state index contributed by atoms with van der Waals surface area (Å²) in [5.74, 6) is -0.771. The van der Waals surface area contributed by atoms with Gasteiger partial charge in [-0.05, 0) is 42.3 Å². The molecule has 0 aromatic heterocycles. The number of hydrogen-bond acceptors (Lipinski definition) is 4. The highest BCUT2D eigenvalue weighted by Gasteiger charge is 2.28. The van der Waals surface area contributed by atoms with Crippen LogP contribution in [-0.2, 0) is 20.9 Å². The summed E-state index contributed by atoms with van der Waals surface area (Å²) in [5, 5.41) is 12.4. The van der Waals surface area contributed by atoms with Crippen LogP contribution in [0.3, 0.4) is 0 Å². The van der Waals surface area contributed by atoms with Gasteiger partial charge in [0.05, 0.1) is 12.5 Å². The molecule has 1 unspecified atom stereocenters. The smallest absolute Gasteiger partial charge is 0.231 e. The van der Waals surface area contributed by atoms with Gasteiger partial charge >= 0.3 is 0 Å². The lowest BCUT2D eigenvalue weighted by Gasteiger charge is -2.15. The Bertz CT molecular complexity index is 829. The highest BCUT2D eigenvalue weighted by Crippen LogP contribution is 2.22. The van der Waals surface area contributed by atoms with Crippen LogP contribution in [0.4, 0.5) is 5.69 Å². The zero-order chi connectivity index (χ0) is 18.7. The van der Waals surface area contributed by atoms with Crippen molar-refractivity contribution in [2.75, 3.05) is 5.32 Å². The molecule has 6 nitrogen and oxygen atoms in total. The molecule has 0 spiro atoms. The summed E-state index contributed by atoms with van der Waals surface area (Å²) in [6, 6.07) is 13.7. The lowest BCUT2D eigenvalue weighted by Crippen LogP contribution is -2.28. The number of amides is 3. The molecule has 1 saturated heterocycles. The maximum atomic E-state index is 12.4. The van der Waals surface area contributed by atoms with Gasteiger partial charge in [-0.25, -0.2) is 0 Å². The second kappa shape index (κ2) is 7.39. The van der Waals surface area contributed by atoms with Crippen LogP contribution >= 0.6 is 0 Å². The summed E-state index contributed by atoms with van der Waals surface area (Å²) in [5.41, 5.74) is 2.18. The van der Waals surface area contributed by atoms with Crippen LogP contribution in [0.5, 0.6) is 5.75 Å². The molecule has 2 aromatic carbocycles. The van der Waals surface area contributed by atoms with Gasteiger partial charge in [0, 0.05) is 18.5 Å². The Morgan fingerprint density at radius 3 is 2.38 bits per heavy atom. The number of nitrogens with one attached hydrogen (secondary N) is 1. The average molecular weight is 352 g/mol. The molecule has 0 radical (unpaired) electrons. The number of carbonyl (C=O) groups is 3. The van der Waals surface area contributed by atoms with Crippen molar-refractivity contribution in [3.05, 3.63) is 59.7 Å². The Morgan fingerprint density at radius 1 is 1.12 bits per heavy atom. The third-order valence-electron chi connectivity index (χ3n) is 4.48. The minimum Gasteiger partial charge on any atom is -0.508 e. The van der Waals surface area contributed by atoms with Crippen molar-refractivity contribution in [3.63, 3.8) is 0 Å². The third-order valence-corrected chi connectivity index (χ3v) is 4.48. The summed E-state index contributed by atoms with van der Waals surface area (Å²) < 4.78 is 0. The molecule has 6 heteroatoms. The maximum Gasteiger partial charge on any atom is 0.231 e. The van der Waals surface area contributed by atoms with E-state index in [9.17, 15) is 19.5 Å². The molecular weight excluding hydrogens is 332 g/mol. The third kappa shape index (κ3) is 3.91. The number of phenols is 1. The molecule has 1 atom stereocenters. The van der Waals surface area contributed by atoms with Gasteiger partial charge in [0.15, 0.2) is 0 Å². The number of imide groups is 1. The molecule has 3 amide bonds. The SMILES string of the molecule is CC(C(=O)Nc1ccc(CN2C(=O)CCC2=O)cc1)c1cccc(O)c1. The van der Waals surface area contributed by atoms with Gasteiger partial charge in [-0.2, -0.15) is 0 Å². The largest absolute Gasteiger partial charge is 0.508 e. The number of hydrogen-bond donors (Lipinski definition) is 2. The first-order valence-corrected chi connectivity index (χ1v) is 8.46. The summed E-state index contributed by atoms with van der Waals surface area (Å²) in [7, 11) is 0. The van der Waals surface area contributed by atoms with Crippen molar-refractivity contribution in [1.29, 1.82) is 0 Å². The lowest BCUT2D eigenvalue weighted by molar-refractivity contribution is -0.139. The van der Waals surface area contributed by atoms with Crippen LogP contribution in [0.2, 0.25) is 0 Å². The van der Waals surface area contributed by atoms with E-state index < -0.39 is 5.92 Å². The minimum atomic E-state index is -0.415. The Labute approximate surface area is 151 Å². The van der Waals surface area contributed by atoms with Gasteiger partial charge in [0.2, 0.25) is 17.7 Å². The van der Waals surface area contributed by atoms with E-state index in [2.05, 4.69) is 5.32 Å². The molecule has 0 saturated carbocycles. The van der Waals surface area contributed by atoms with Crippen molar-refractivity contribution >= 4 is 23.4 Å². The monoisotopic (exact) mass is 352 g/mol. The fourth-order valence-electron chi connectivity index (χ4n) is 2.87. The second-order valence-corrected chi connectivity index (χ2v) is 6.38.